The molecule has 0 bridgehead atoms. The van der Waals surface area contributed by atoms with Crippen molar-refractivity contribution in [3.63, 3.8) is 0 Å². The van der Waals surface area contributed by atoms with Crippen LogP contribution in [0, 0.1) is 5.41 Å². The lowest BCUT2D eigenvalue weighted by molar-refractivity contribution is 0.589. The minimum Gasteiger partial charge on any atom is -0.398 e. The van der Waals surface area contributed by atoms with Gasteiger partial charge in [-0.25, -0.2) is 13.4 Å². The molecule has 5 rings (SSSR count). The summed E-state index contributed by atoms with van der Waals surface area (Å²) in [6.45, 7) is 3.48. The van der Waals surface area contributed by atoms with Crippen molar-refractivity contribution in [1.29, 1.82) is 5.41 Å². The molecule has 1 aromatic heterocycles. The number of amidine groups is 1. The SMILES string of the molecule is CCNCCN(c1ccc2c(c1)nc(CCc1ccc(C(=N)N)cc1)n2C)S(=O)(=O)c1cccc2c(N)cccc12. The predicted molar refractivity (Wildman–Crippen MR) is 167 cm³/mol. The Bertz CT molecular complexity index is 1830. The fourth-order valence-electron chi connectivity index (χ4n) is 5.12. The summed E-state index contributed by atoms with van der Waals surface area (Å²) >= 11 is 0. The number of anilines is 2. The Hall–Kier alpha value is -4.41. The van der Waals surface area contributed by atoms with E-state index < -0.39 is 10.0 Å². The topological polar surface area (TPSA) is 143 Å². The third kappa shape index (κ3) is 5.61. The summed E-state index contributed by atoms with van der Waals surface area (Å²) in [5.41, 5.74) is 16.3. The van der Waals surface area contributed by atoms with Crippen LogP contribution in [0.5, 0.6) is 0 Å². The Kier molecular flexibility index (Phi) is 7.96. The first-order valence-corrected chi connectivity index (χ1v) is 15.0. The van der Waals surface area contributed by atoms with Gasteiger partial charge in [0.15, 0.2) is 0 Å². The maximum atomic E-state index is 14.2. The van der Waals surface area contributed by atoms with Gasteiger partial charge in [-0.15, -0.1) is 0 Å². The number of imidazole rings is 1. The summed E-state index contributed by atoms with van der Waals surface area (Å²) in [6, 6.07) is 23.8. The second-order valence-electron chi connectivity index (χ2n) is 10.00. The lowest BCUT2D eigenvalue weighted by atomic mass is 10.1. The third-order valence-electron chi connectivity index (χ3n) is 7.37. The molecule has 0 amide bonds. The molecule has 0 radical (unpaired) electrons. The largest absolute Gasteiger partial charge is 0.398 e. The number of benzene rings is 4. The second-order valence-corrected chi connectivity index (χ2v) is 11.8. The van der Waals surface area contributed by atoms with Crippen molar-refractivity contribution in [2.24, 2.45) is 12.8 Å². The number of nitrogen functional groups attached to an aromatic ring is 2. The van der Waals surface area contributed by atoms with Crippen LogP contribution in [-0.4, -0.2) is 43.4 Å². The van der Waals surface area contributed by atoms with Gasteiger partial charge in [-0.2, -0.15) is 0 Å². The summed E-state index contributed by atoms with van der Waals surface area (Å²) in [7, 11) is -1.95. The molecule has 41 heavy (non-hydrogen) atoms. The molecule has 0 aliphatic rings. The van der Waals surface area contributed by atoms with Gasteiger partial charge in [0.2, 0.25) is 0 Å². The Morgan fingerprint density at radius 1 is 1.00 bits per heavy atom. The van der Waals surface area contributed by atoms with Gasteiger partial charge in [0.05, 0.1) is 21.6 Å². The van der Waals surface area contributed by atoms with Crippen molar-refractivity contribution in [1.82, 2.24) is 14.9 Å². The highest BCUT2D eigenvalue weighted by Gasteiger charge is 2.27. The second kappa shape index (κ2) is 11.6. The van der Waals surface area contributed by atoms with Crippen LogP contribution in [0.1, 0.15) is 23.9 Å². The van der Waals surface area contributed by atoms with Crippen LogP contribution in [0.4, 0.5) is 11.4 Å². The molecule has 212 valence electrons. The number of rotatable bonds is 11. The molecule has 0 atom stereocenters. The maximum absolute atomic E-state index is 14.2. The summed E-state index contributed by atoms with van der Waals surface area (Å²) in [6.07, 6.45) is 1.48. The number of aryl methyl sites for hydroxylation is 3. The molecule has 6 N–H and O–H groups in total. The number of fused-ring (bicyclic) bond motifs is 2. The molecule has 0 unspecified atom stereocenters. The summed E-state index contributed by atoms with van der Waals surface area (Å²) in [4.78, 5) is 5.10. The first-order chi connectivity index (χ1) is 19.7. The standard InChI is InChI=1S/C31H35N7O2S/c1-3-35-18-19-38(41(39,40)29-9-5-6-24-25(29)7-4-8-26(24)32)23-15-16-28-27(20-23)36-30(37(28)2)17-12-21-10-13-22(14-11-21)31(33)34/h4-11,13-16,20,35H,3,12,17-19,32H2,1-2H3,(H3,33,34). The van der Waals surface area contributed by atoms with Crippen LogP contribution < -0.4 is 21.1 Å². The van der Waals surface area contributed by atoms with E-state index in [1.54, 1.807) is 30.3 Å². The van der Waals surface area contributed by atoms with Gasteiger partial charge in [-0.1, -0.05) is 55.5 Å². The first-order valence-electron chi connectivity index (χ1n) is 13.6. The minimum atomic E-state index is -3.93. The van der Waals surface area contributed by atoms with Crippen molar-refractivity contribution in [2.45, 2.75) is 24.7 Å². The van der Waals surface area contributed by atoms with E-state index in [-0.39, 0.29) is 17.3 Å². The predicted octanol–water partition coefficient (Wildman–Crippen LogP) is 4.18. The Morgan fingerprint density at radius 2 is 1.73 bits per heavy atom. The van der Waals surface area contributed by atoms with Gasteiger partial charge in [-0.3, -0.25) is 9.71 Å². The van der Waals surface area contributed by atoms with E-state index in [0.717, 1.165) is 35.4 Å². The normalized spacial score (nSPS) is 11.8. The van der Waals surface area contributed by atoms with Crippen molar-refractivity contribution >= 4 is 49.0 Å². The number of aromatic nitrogens is 2. The molecule has 9 nitrogen and oxygen atoms in total. The van der Waals surface area contributed by atoms with Crippen LogP contribution in [-0.2, 0) is 29.9 Å². The number of nitrogens with two attached hydrogens (primary N) is 2. The molecule has 0 saturated carbocycles. The molecule has 0 aliphatic heterocycles. The van der Waals surface area contributed by atoms with Crippen LogP contribution in [0.2, 0.25) is 0 Å². The van der Waals surface area contributed by atoms with Crippen LogP contribution >= 0.6 is 0 Å². The van der Waals surface area contributed by atoms with Crippen molar-refractivity contribution in [2.75, 3.05) is 29.7 Å². The summed E-state index contributed by atoms with van der Waals surface area (Å²) in [5, 5.41) is 12.1. The van der Waals surface area contributed by atoms with Crippen molar-refractivity contribution in [3.8, 4) is 0 Å². The number of hydrogen-bond donors (Lipinski definition) is 4. The fourth-order valence-corrected chi connectivity index (χ4v) is 6.79. The minimum absolute atomic E-state index is 0.0498. The van der Waals surface area contributed by atoms with E-state index in [1.807, 2.05) is 67.1 Å². The Balaban J connectivity index is 1.49. The molecule has 0 spiro atoms. The highest BCUT2D eigenvalue weighted by atomic mass is 32.2. The smallest absolute Gasteiger partial charge is 0.264 e. The molecule has 0 aliphatic carbocycles. The lowest BCUT2D eigenvalue weighted by Gasteiger charge is -2.25. The quantitative estimate of drug-likeness (QED) is 0.0813. The first kappa shape index (κ1) is 28.1. The number of sulfonamides is 1. The van der Waals surface area contributed by atoms with E-state index in [1.165, 1.54) is 4.31 Å². The van der Waals surface area contributed by atoms with Gasteiger partial charge in [0.25, 0.3) is 10.0 Å². The number of hydrogen-bond acceptors (Lipinski definition) is 6. The molecule has 10 heteroatoms. The average molecular weight is 570 g/mol. The summed E-state index contributed by atoms with van der Waals surface area (Å²) < 4.78 is 31.9. The highest BCUT2D eigenvalue weighted by molar-refractivity contribution is 7.93. The molecule has 1 heterocycles. The zero-order chi connectivity index (χ0) is 29.1. The molecule has 0 fully saturated rings. The van der Waals surface area contributed by atoms with E-state index in [9.17, 15) is 8.42 Å². The maximum Gasteiger partial charge on any atom is 0.264 e. The van der Waals surface area contributed by atoms with E-state index >= 15 is 0 Å². The number of nitrogens with zero attached hydrogens (tertiary/aromatic N) is 3. The van der Waals surface area contributed by atoms with Crippen LogP contribution in [0.25, 0.3) is 21.8 Å². The monoisotopic (exact) mass is 569 g/mol. The van der Waals surface area contributed by atoms with Gasteiger partial charge in [0.1, 0.15) is 11.7 Å². The molecule has 5 aromatic rings. The number of nitrogens with one attached hydrogen (secondary N) is 2. The molecule has 0 saturated heterocycles. The van der Waals surface area contributed by atoms with Gasteiger partial charge in [-0.05, 0) is 48.9 Å². The molecular formula is C31H35N7O2S. The van der Waals surface area contributed by atoms with Crippen LogP contribution in [0.3, 0.4) is 0 Å². The van der Waals surface area contributed by atoms with Crippen molar-refractivity contribution in [3.05, 3.63) is 95.8 Å². The lowest BCUT2D eigenvalue weighted by Crippen LogP contribution is -2.37. The van der Waals surface area contributed by atoms with E-state index in [4.69, 9.17) is 21.9 Å². The fraction of sp³-hybridized carbons (Fsp3) is 0.226. The van der Waals surface area contributed by atoms with E-state index in [2.05, 4.69) is 5.32 Å². The third-order valence-corrected chi connectivity index (χ3v) is 9.26. The van der Waals surface area contributed by atoms with Gasteiger partial charge >= 0.3 is 0 Å². The van der Waals surface area contributed by atoms with E-state index in [0.29, 0.717) is 40.7 Å². The zero-order valence-corrected chi connectivity index (χ0v) is 24.1. The Morgan fingerprint density at radius 3 is 2.46 bits per heavy atom. The van der Waals surface area contributed by atoms with Gasteiger partial charge in [0, 0.05) is 48.6 Å². The van der Waals surface area contributed by atoms with Crippen molar-refractivity contribution < 1.29 is 8.42 Å². The van der Waals surface area contributed by atoms with Gasteiger partial charge < -0.3 is 21.4 Å². The average Bonchev–Trinajstić information content (AvgIpc) is 3.28. The highest BCUT2D eigenvalue weighted by Crippen LogP contribution is 2.32. The number of likely N-dealkylation sites (N-methyl/N-ethyl adjacent to an activating group) is 1. The molecular weight excluding hydrogens is 534 g/mol. The molecule has 4 aromatic carbocycles. The van der Waals surface area contributed by atoms with Crippen LogP contribution in [0.15, 0.2) is 83.8 Å². The zero-order valence-electron chi connectivity index (χ0n) is 23.3. The summed E-state index contributed by atoms with van der Waals surface area (Å²) in [5.74, 6) is 0.952. The Labute approximate surface area is 240 Å².